The topological polar surface area (TPSA) is 170 Å². The van der Waals surface area contributed by atoms with Crippen molar-refractivity contribution < 1.29 is 18.1 Å². The summed E-state index contributed by atoms with van der Waals surface area (Å²) in [5, 5.41) is 23.6. The summed E-state index contributed by atoms with van der Waals surface area (Å²) in [6, 6.07) is 112. The lowest BCUT2D eigenvalue weighted by atomic mass is 9.72. The molecule has 2 aliphatic carbocycles. The van der Waals surface area contributed by atoms with Gasteiger partial charge in [0.15, 0.2) is 29.1 Å². The quantitative estimate of drug-likeness (QED) is 0.119. The molecule has 0 radical (unpaired) electrons. The Morgan fingerprint density at radius 2 is 0.636 bits per heavy atom. The molecule has 0 atom stereocenters. The van der Waals surface area contributed by atoms with Crippen LogP contribution in [0, 0.1) is 22.7 Å². The van der Waals surface area contributed by atoms with Crippen molar-refractivity contribution in [1.82, 2.24) is 29.9 Å². The average Bonchev–Trinajstić information content (AvgIpc) is 1.57. The maximum absolute atomic E-state index is 9.70. The SMILES string of the molecule is CC1(C)c2cc(C#N)ccc2-c2ccc(-c3ccc4c(oc5ccccc54)c3-c3nc(-c4ccccc4)nc(-c4cccc(-c5ccccc5)c4)n3)cc21.CC1(C)c2cc(C#N)ccc2-c2ccc(-c3ccc4c(oc5ccccc54)c3B3OC(C)(C)C(C)(C)O3)cc21.Clc1nc(-c2ccccc2)nc(-c2cccc(-c3ccccc3)c2)n1. The molecule has 14 aromatic carbocycles. The average molecular weight is 1550 g/mol. The largest absolute Gasteiger partial charge is 0.499 e. The highest BCUT2D eigenvalue weighted by Crippen LogP contribution is 2.53. The summed E-state index contributed by atoms with van der Waals surface area (Å²) in [6.45, 7) is 17.3. The van der Waals surface area contributed by atoms with Crippen molar-refractivity contribution in [3.63, 3.8) is 0 Å². The summed E-state index contributed by atoms with van der Waals surface area (Å²) in [5.41, 5.74) is 26.5. The van der Waals surface area contributed by atoms with Crippen molar-refractivity contribution in [2.45, 2.75) is 77.4 Å². The molecule has 12 nitrogen and oxygen atoms in total. The van der Waals surface area contributed by atoms with Gasteiger partial charge in [0.1, 0.15) is 22.3 Å². The van der Waals surface area contributed by atoms with E-state index in [4.69, 9.17) is 44.7 Å². The van der Waals surface area contributed by atoms with Gasteiger partial charge in [0.2, 0.25) is 5.28 Å². The van der Waals surface area contributed by atoms with Crippen LogP contribution in [0.2, 0.25) is 5.28 Å². The molecule has 3 aliphatic rings. The Morgan fingerprint density at radius 1 is 0.288 bits per heavy atom. The van der Waals surface area contributed by atoms with Crippen LogP contribution in [-0.4, -0.2) is 48.2 Å². The number of fused-ring (bicyclic) bond motifs is 12. The maximum Gasteiger partial charge on any atom is 0.499 e. The van der Waals surface area contributed by atoms with Gasteiger partial charge in [-0.15, -0.1) is 0 Å². The highest BCUT2D eigenvalue weighted by atomic mass is 35.5. The normalized spacial score (nSPS) is 14.1. The number of aromatic nitrogens is 6. The van der Waals surface area contributed by atoms with Crippen LogP contribution in [-0.2, 0) is 20.1 Å². The lowest BCUT2D eigenvalue weighted by Gasteiger charge is -2.32. The Labute approximate surface area is 689 Å². The zero-order chi connectivity index (χ0) is 80.8. The summed E-state index contributed by atoms with van der Waals surface area (Å²) in [4.78, 5) is 28.8. The highest BCUT2D eigenvalue weighted by Gasteiger charge is 2.53. The number of para-hydroxylation sites is 2. The summed E-state index contributed by atoms with van der Waals surface area (Å²) < 4.78 is 26.5. The Kier molecular flexibility index (Phi) is 18.4. The minimum Gasteiger partial charge on any atom is -0.456 e. The zero-order valence-corrected chi connectivity index (χ0v) is 66.9. The maximum atomic E-state index is 9.70. The number of rotatable bonds is 10. The predicted molar refractivity (Wildman–Crippen MR) is 475 cm³/mol. The minimum absolute atomic E-state index is 0.189. The van der Waals surface area contributed by atoms with Crippen molar-refractivity contribution in [3.8, 4) is 136 Å². The first-order chi connectivity index (χ1) is 57.3. The Morgan fingerprint density at radius 3 is 1.11 bits per heavy atom. The number of nitrogens with zero attached hydrogens (tertiary/aromatic N) is 8. The van der Waals surface area contributed by atoms with E-state index in [2.05, 4.69) is 240 Å². The number of hydrogen-bond acceptors (Lipinski definition) is 12. The van der Waals surface area contributed by atoms with E-state index in [-0.39, 0.29) is 16.1 Å². The van der Waals surface area contributed by atoms with Gasteiger partial charge in [-0.1, -0.05) is 270 Å². The van der Waals surface area contributed by atoms with E-state index >= 15 is 0 Å². The third kappa shape index (κ3) is 13.2. The molecule has 0 spiro atoms. The van der Waals surface area contributed by atoms with E-state index in [9.17, 15) is 10.5 Å². The van der Waals surface area contributed by atoms with Crippen LogP contribution < -0.4 is 5.46 Å². The van der Waals surface area contributed by atoms with E-state index in [1.54, 1.807) is 0 Å². The fraction of sp³-hybridized carbons (Fsp3) is 0.115. The number of halogens is 1. The van der Waals surface area contributed by atoms with Crippen molar-refractivity contribution >= 4 is 68.1 Å². The standard InChI is InChI=1S/C49H32N4O.C34H30BNO3.C21H14ClN3/c1-49(2)41-26-30(29-50)20-22-37(41)38-23-21-34(28-42(38)49)36-24-25-40-39-18-9-10-19-43(39)54-45(40)44(36)48-52-46(32-14-7-4-8-15-32)51-47(53-48)35-17-11-16-33(27-35)31-12-5-3-6-13-31;1-32(2)27-17-20(19-36)11-13-23(27)24-14-12-21(18-28(24)32)22-15-16-26-25-9-7-8-10-29(25)37-31(26)30(22)35-38-33(3,4)34(5,6)39-35;22-21-24-19(16-10-5-2-6-11-16)23-20(25-21)18-13-7-12-17(14-18)15-8-3-1-4-9-15/h3-28H,1-2H3;7-18H,1-6H3;1-14H. The lowest BCUT2D eigenvalue weighted by molar-refractivity contribution is 0.00578. The van der Waals surface area contributed by atoms with Crippen LogP contribution in [0.15, 0.2) is 324 Å². The van der Waals surface area contributed by atoms with Gasteiger partial charge >= 0.3 is 7.12 Å². The zero-order valence-electron chi connectivity index (χ0n) is 66.2. The van der Waals surface area contributed by atoms with Crippen LogP contribution in [0.1, 0.15) is 88.8 Å². The molecule has 5 heterocycles. The van der Waals surface area contributed by atoms with Gasteiger partial charge in [-0.3, -0.25) is 0 Å². The van der Waals surface area contributed by atoms with Crippen molar-refractivity contribution in [2.75, 3.05) is 0 Å². The van der Waals surface area contributed by atoms with E-state index < -0.39 is 18.3 Å². The van der Waals surface area contributed by atoms with Crippen LogP contribution in [0.25, 0.3) is 168 Å². The molecule has 1 aliphatic heterocycles. The summed E-state index contributed by atoms with van der Waals surface area (Å²) in [5.74, 6) is 2.83. The van der Waals surface area contributed by atoms with E-state index in [1.807, 2.05) is 158 Å². The highest BCUT2D eigenvalue weighted by molar-refractivity contribution is 6.67. The van der Waals surface area contributed by atoms with Crippen molar-refractivity contribution in [3.05, 3.63) is 354 Å². The molecule has 1 saturated heterocycles. The first-order valence-corrected chi connectivity index (χ1v) is 39.9. The summed E-state index contributed by atoms with van der Waals surface area (Å²) in [7, 11) is -0.578. The van der Waals surface area contributed by atoms with Gasteiger partial charge in [-0.25, -0.2) is 19.9 Å². The van der Waals surface area contributed by atoms with E-state index in [0.29, 0.717) is 40.2 Å². The molecule has 0 saturated carbocycles. The molecule has 0 unspecified atom stereocenters. The molecule has 21 rings (SSSR count). The third-order valence-electron chi connectivity index (χ3n) is 23.8. The molecule has 4 aromatic heterocycles. The smallest absolute Gasteiger partial charge is 0.456 e. The predicted octanol–water partition coefficient (Wildman–Crippen LogP) is 25.5. The summed E-state index contributed by atoms with van der Waals surface area (Å²) in [6.07, 6.45) is 0. The molecule has 1 fully saturated rings. The number of benzene rings is 14. The molecule has 118 heavy (non-hydrogen) atoms. The van der Waals surface area contributed by atoms with Gasteiger partial charge in [-0.2, -0.15) is 20.5 Å². The molecular formula is C104H76BClN8O4. The van der Waals surface area contributed by atoms with Gasteiger partial charge < -0.3 is 18.1 Å². The van der Waals surface area contributed by atoms with Gasteiger partial charge in [-0.05, 0) is 201 Å². The van der Waals surface area contributed by atoms with E-state index in [0.717, 1.165) is 127 Å². The number of hydrogen-bond donors (Lipinski definition) is 0. The van der Waals surface area contributed by atoms with E-state index in [1.165, 1.54) is 38.9 Å². The third-order valence-corrected chi connectivity index (χ3v) is 24.0. The van der Waals surface area contributed by atoms with Crippen LogP contribution in [0.5, 0.6) is 0 Å². The summed E-state index contributed by atoms with van der Waals surface area (Å²) >= 11 is 6.14. The fourth-order valence-corrected chi connectivity index (χ4v) is 17.1. The van der Waals surface area contributed by atoms with Crippen LogP contribution in [0.3, 0.4) is 0 Å². The minimum atomic E-state index is -0.578. The monoisotopic (exact) mass is 1550 g/mol. The van der Waals surface area contributed by atoms with Gasteiger partial charge in [0, 0.05) is 60.1 Å². The molecule has 566 valence electrons. The van der Waals surface area contributed by atoms with Crippen LogP contribution in [0.4, 0.5) is 0 Å². The molecule has 0 bridgehead atoms. The molecular weight excluding hydrogens is 1470 g/mol. The van der Waals surface area contributed by atoms with Crippen LogP contribution >= 0.6 is 11.6 Å². The molecule has 14 heteroatoms. The van der Waals surface area contributed by atoms with Gasteiger partial charge in [0.05, 0.1) is 40.0 Å². The second-order valence-corrected chi connectivity index (χ2v) is 32.6. The Bertz CT molecular complexity index is 7110. The van der Waals surface area contributed by atoms with Crippen molar-refractivity contribution in [2.24, 2.45) is 0 Å². The fourth-order valence-electron chi connectivity index (χ4n) is 16.9. The first kappa shape index (κ1) is 74.1. The second-order valence-electron chi connectivity index (χ2n) is 32.3. The Hall–Kier alpha value is -14.0. The molecule has 0 N–H and O–H groups in total. The second kappa shape index (κ2) is 29.3. The first-order valence-electron chi connectivity index (χ1n) is 39.5. The molecule has 0 amide bonds. The lowest BCUT2D eigenvalue weighted by Crippen LogP contribution is -2.41. The Balaban J connectivity index is 0.000000126. The number of furan rings is 2. The molecule has 18 aromatic rings. The number of nitriles is 2. The van der Waals surface area contributed by atoms with Gasteiger partial charge in [0.25, 0.3) is 0 Å². The van der Waals surface area contributed by atoms with Crippen molar-refractivity contribution in [1.29, 1.82) is 10.5 Å².